The summed E-state index contributed by atoms with van der Waals surface area (Å²) >= 11 is 0. The molecular formula is C17H24BF3O2. The largest absolute Gasteiger partial charge is 0.495 e. The van der Waals surface area contributed by atoms with E-state index in [0.717, 1.165) is 11.0 Å². The number of aryl methyl sites for hydroxylation is 1. The lowest BCUT2D eigenvalue weighted by atomic mass is 9.73. The molecule has 0 aliphatic carbocycles. The molecule has 0 bridgehead atoms. The van der Waals surface area contributed by atoms with E-state index in [9.17, 15) is 13.2 Å². The molecule has 2 nitrogen and oxygen atoms in total. The van der Waals surface area contributed by atoms with E-state index in [4.69, 9.17) is 9.31 Å². The van der Waals surface area contributed by atoms with Gasteiger partial charge in [0.15, 0.2) is 0 Å². The minimum absolute atomic E-state index is 0.239. The Morgan fingerprint density at radius 2 is 1.43 bits per heavy atom. The molecule has 1 heterocycles. The van der Waals surface area contributed by atoms with Crippen LogP contribution in [0.1, 0.15) is 52.7 Å². The fourth-order valence-corrected chi connectivity index (χ4v) is 2.46. The second-order valence-corrected chi connectivity index (χ2v) is 7.78. The van der Waals surface area contributed by atoms with E-state index < -0.39 is 29.9 Å². The minimum Gasteiger partial charge on any atom is -0.399 e. The zero-order valence-corrected chi connectivity index (χ0v) is 14.8. The Morgan fingerprint density at radius 3 is 1.83 bits per heavy atom. The van der Waals surface area contributed by atoms with E-state index in [2.05, 4.69) is 0 Å². The monoisotopic (exact) mass is 328 g/mol. The standard InChI is InChI=1S/C17H24BF3O2/c1-11-10-12(14(2,3)17(19,20)21)8-9-13(11)18-22-15(4,5)16(6,7)23-18/h8-10H,1-7H3. The summed E-state index contributed by atoms with van der Waals surface area (Å²) in [6.07, 6.45) is -4.30. The zero-order valence-electron chi connectivity index (χ0n) is 14.8. The van der Waals surface area contributed by atoms with Gasteiger partial charge < -0.3 is 9.31 Å². The van der Waals surface area contributed by atoms with Gasteiger partial charge >= 0.3 is 13.3 Å². The molecule has 23 heavy (non-hydrogen) atoms. The van der Waals surface area contributed by atoms with Crippen LogP contribution in [0, 0.1) is 6.92 Å². The van der Waals surface area contributed by atoms with Crippen LogP contribution < -0.4 is 5.46 Å². The molecular weight excluding hydrogens is 304 g/mol. The van der Waals surface area contributed by atoms with Crippen molar-refractivity contribution in [2.24, 2.45) is 0 Å². The van der Waals surface area contributed by atoms with Crippen LogP contribution in [0.3, 0.4) is 0 Å². The maximum absolute atomic E-state index is 13.2. The average molecular weight is 328 g/mol. The second-order valence-electron chi connectivity index (χ2n) is 7.78. The maximum atomic E-state index is 13.2. The van der Waals surface area contributed by atoms with Gasteiger partial charge in [0, 0.05) is 0 Å². The molecule has 0 unspecified atom stereocenters. The quantitative estimate of drug-likeness (QED) is 0.760. The van der Waals surface area contributed by atoms with Gasteiger partial charge in [-0.25, -0.2) is 0 Å². The number of rotatable bonds is 2. The fourth-order valence-electron chi connectivity index (χ4n) is 2.46. The Labute approximate surface area is 136 Å². The molecule has 0 N–H and O–H groups in total. The summed E-state index contributed by atoms with van der Waals surface area (Å²) in [7, 11) is -0.567. The first-order chi connectivity index (χ1) is 10.2. The van der Waals surface area contributed by atoms with Gasteiger partial charge in [-0.15, -0.1) is 0 Å². The molecule has 2 rings (SSSR count). The van der Waals surface area contributed by atoms with Crippen molar-refractivity contribution >= 4 is 12.6 Å². The van der Waals surface area contributed by atoms with Gasteiger partial charge in [-0.1, -0.05) is 23.8 Å². The molecule has 1 aromatic carbocycles. The first kappa shape index (κ1) is 18.3. The Balaban J connectivity index is 2.36. The third kappa shape index (κ3) is 3.03. The summed E-state index contributed by atoms with van der Waals surface area (Å²) in [6, 6.07) is 4.77. The van der Waals surface area contributed by atoms with E-state index in [1.807, 2.05) is 27.7 Å². The van der Waals surface area contributed by atoms with Gasteiger partial charge in [0.2, 0.25) is 0 Å². The molecule has 0 spiro atoms. The summed E-state index contributed by atoms with van der Waals surface area (Å²) in [4.78, 5) is 0. The van der Waals surface area contributed by atoms with Crippen LogP contribution in [0.15, 0.2) is 18.2 Å². The Kier molecular flexibility index (Phi) is 4.18. The molecule has 0 atom stereocenters. The molecule has 1 aromatic rings. The molecule has 1 aliphatic rings. The number of alkyl halides is 3. The number of hydrogen-bond acceptors (Lipinski definition) is 2. The van der Waals surface area contributed by atoms with E-state index in [1.165, 1.54) is 19.9 Å². The van der Waals surface area contributed by atoms with Crippen molar-refractivity contribution in [2.45, 2.75) is 71.3 Å². The highest BCUT2D eigenvalue weighted by atomic mass is 19.4. The van der Waals surface area contributed by atoms with E-state index in [0.29, 0.717) is 0 Å². The van der Waals surface area contributed by atoms with Crippen LogP contribution in [-0.4, -0.2) is 24.5 Å². The van der Waals surface area contributed by atoms with Gasteiger partial charge in [-0.2, -0.15) is 13.2 Å². The molecule has 1 aliphatic heterocycles. The summed E-state index contributed by atoms with van der Waals surface area (Å²) in [5.74, 6) is 0. The molecule has 1 saturated heterocycles. The third-order valence-corrected chi connectivity index (χ3v) is 5.21. The van der Waals surface area contributed by atoms with Gasteiger partial charge in [0.25, 0.3) is 0 Å². The molecule has 6 heteroatoms. The van der Waals surface area contributed by atoms with Crippen molar-refractivity contribution in [3.63, 3.8) is 0 Å². The number of halogens is 3. The van der Waals surface area contributed by atoms with E-state index in [-0.39, 0.29) is 5.56 Å². The van der Waals surface area contributed by atoms with Crippen molar-refractivity contribution in [3.8, 4) is 0 Å². The van der Waals surface area contributed by atoms with Crippen molar-refractivity contribution in [1.82, 2.24) is 0 Å². The lowest BCUT2D eigenvalue weighted by Crippen LogP contribution is -2.41. The predicted octanol–water partition coefficient (Wildman–Crippen LogP) is 4.13. The molecule has 128 valence electrons. The second kappa shape index (κ2) is 5.25. The highest BCUT2D eigenvalue weighted by Crippen LogP contribution is 2.41. The smallest absolute Gasteiger partial charge is 0.399 e. The van der Waals surface area contributed by atoms with Crippen LogP contribution in [0.25, 0.3) is 0 Å². The first-order valence-corrected chi connectivity index (χ1v) is 7.72. The zero-order chi connectivity index (χ0) is 17.8. The van der Waals surface area contributed by atoms with Crippen molar-refractivity contribution in [1.29, 1.82) is 0 Å². The van der Waals surface area contributed by atoms with Gasteiger partial charge in [-0.3, -0.25) is 0 Å². The normalized spacial score (nSPS) is 20.9. The van der Waals surface area contributed by atoms with E-state index in [1.54, 1.807) is 19.1 Å². The van der Waals surface area contributed by atoms with Crippen LogP contribution in [0.4, 0.5) is 13.2 Å². The van der Waals surface area contributed by atoms with Crippen LogP contribution in [-0.2, 0) is 14.7 Å². The molecule has 1 fully saturated rings. The van der Waals surface area contributed by atoms with Gasteiger partial charge in [0.05, 0.1) is 16.6 Å². The average Bonchev–Trinajstić information content (AvgIpc) is 2.56. The summed E-state index contributed by atoms with van der Waals surface area (Å²) in [5, 5.41) is 0. The number of hydrogen-bond donors (Lipinski definition) is 0. The maximum Gasteiger partial charge on any atom is 0.495 e. The lowest BCUT2D eigenvalue weighted by molar-refractivity contribution is -0.180. The highest BCUT2D eigenvalue weighted by Gasteiger charge is 2.52. The van der Waals surface area contributed by atoms with Crippen molar-refractivity contribution < 1.29 is 22.5 Å². The Bertz CT molecular complexity index is 590. The fraction of sp³-hybridized carbons (Fsp3) is 0.647. The summed E-state index contributed by atoms with van der Waals surface area (Å²) < 4.78 is 51.6. The Hall–Kier alpha value is -1.01. The molecule has 0 amide bonds. The number of benzene rings is 1. The summed E-state index contributed by atoms with van der Waals surface area (Å²) in [6.45, 7) is 12.0. The Morgan fingerprint density at radius 1 is 0.957 bits per heavy atom. The molecule has 0 saturated carbocycles. The van der Waals surface area contributed by atoms with Crippen LogP contribution in [0.5, 0.6) is 0 Å². The molecule has 0 aromatic heterocycles. The topological polar surface area (TPSA) is 18.5 Å². The lowest BCUT2D eigenvalue weighted by Gasteiger charge is -2.32. The minimum atomic E-state index is -4.30. The van der Waals surface area contributed by atoms with Crippen molar-refractivity contribution in [3.05, 3.63) is 29.3 Å². The molecule has 0 radical (unpaired) electrons. The summed E-state index contributed by atoms with van der Waals surface area (Å²) in [5.41, 5.74) is -1.11. The highest BCUT2D eigenvalue weighted by molar-refractivity contribution is 6.62. The van der Waals surface area contributed by atoms with Gasteiger partial charge in [-0.05, 0) is 59.5 Å². The SMILES string of the molecule is Cc1cc(C(C)(C)C(F)(F)F)ccc1B1OC(C)(C)C(C)(C)O1. The predicted molar refractivity (Wildman–Crippen MR) is 86.0 cm³/mol. The first-order valence-electron chi connectivity index (χ1n) is 7.72. The third-order valence-electron chi connectivity index (χ3n) is 5.21. The van der Waals surface area contributed by atoms with Crippen molar-refractivity contribution in [2.75, 3.05) is 0 Å². The van der Waals surface area contributed by atoms with E-state index >= 15 is 0 Å². The van der Waals surface area contributed by atoms with Gasteiger partial charge in [0.1, 0.15) is 0 Å². The van der Waals surface area contributed by atoms with Crippen LogP contribution >= 0.6 is 0 Å². The van der Waals surface area contributed by atoms with Crippen LogP contribution in [0.2, 0.25) is 0 Å².